The molecule has 3 rings (SSSR count). The van der Waals surface area contributed by atoms with Crippen molar-refractivity contribution in [1.29, 1.82) is 0 Å². The van der Waals surface area contributed by atoms with Crippen molar-refractivity contribution in [1.82, 2.24) is 9.63 Å². The van der Waals surface area contributed by atoms with E-state index in [9.17, 15) is 9.59 Å². The summed E-state index contributed by atoms with van der Waals surface area (Å²) in [5.74, 6) is -1.32. The number of fused-ring (bicyclic) bond motifs is 3. The molecule has 1 unspecified atom stereocenters. The van der Waals surface area contributed by atoms with Crippen LogP contribution in [0.2, 0.25) is 0 Å². The summed E-state index contributed by atoms with van der Waals surface area (Å²) in [6.45, 7) is 1.69. The van der Waals surface area contributed by atoms with Gasteiger partial charge in [-0.3, -0.25) is 14.4 Å². The van der Waals surface area contributed by atoms with Gasteiger partial charge < -0.3 is 9.67 Å². The van der Waals surface area contributed by atoms with Crippen molar-refractivity contribution in [3.63, 3.8) is 0 Å². The quantitative estimate of drug-likeness (QED) is 0.926. The van der Waals surface area contributed by atoms with Crippen LogP contribution in [0.4, 0.5) is 0 Å². The Morgan fingerprint density at radius 2 is 2.10 bits per heavy atom. The molecule has 1 aromatic carbocycles. The summed E-state index contributed by atoms with van der Waals surface area (Å²) in [6.07, 6.45) is -0.238. The molecule has 0 fully saturated rings. The first-order valence-electron chi connectivity index (χ1n) is 6.20. The first-order valence-corrected chi connectivity index (χ1v) is 6.20. The molecular weight excluding hydrogens is 260 g/mol. The smallest absolute Gasteiger partial charge is 0.307 e. The van der Waals surface area contributed by atoms with Gasteiger partial charge in [0.2, 0.25) is 0 Å². The van der Waals surface area contributed by atoms with Crippen LogP contribution in [-0.4, -0.2) is 33.7 Å². The number of hydrogen-bond acceptors (Lipinski definition) is 3. The average Bonchev–Trinajstić information content (AvgIpc) is 2.85. The molecule has 6 nitrogen and oxygen atoms in total. The van der Waals surface area contributed by atoms with E-state index in [0.717, 1.165) is 16.0 Å². The third-order valence-corrected chi connectivity index (χ3v) is 3.70. The molecule has 1 atom stereocenters. The summed E-state index contributed by atoms with van der Waals surface area (Å²) in [7, 11) is 1.37. The van der Waals surface area contributed by atoms with Crippen molar-refractivity contribution < 1.29 is 19.5 Å². The van der Waals surface area contributed by atoms with Crippen molar-refractivity contribution in [3.05, 3.63) is 36.0 Å². The van der Waals surface area contributed by atoms with Crippen LogP contribution in [0.1, 0.15) is 23.8 Å². The predicted octanol–water partition coefficient (Wildman–Crippen LogP) is 1.81. The second-order valence-corrected chi connectivity index (χ2v) is 4.99. The maximum absolute atomic E-state index is 12.4. The second kappa shape index (κ2) is 4.08. The fourth-order valence-corrected chi connectivity index (χ4v) is 2.96. The molecule has 0 radical (unpaired) electrons. The van der Waals surface area contributed by atoms with Gasteiger partial charge in [0.05, 0.1) is 19.0 Å². The number of aromatic nitrogens is 1. The maximum Gasteiger partial charge on any atom is 0.307 e. The van der Waals surface area contributed by atoms with Crippen molar-refractivity contribution in [2.75, 3.05) is 7.11 Å². The van der Waals surface area contributed by atoms with Crippen LogP contribution in [0.5, 0.6) is 0 Å². The third-order valence-electron chi connectivity index (χ3n) is 3.70. The molecule has 104 valence electrons. The average molecular weight is 274 g/mol. The lowest BCUT2D eigenvalue weighted by Crippen LogP contribution is -2.45. The lowest BCUT2D eigenvalue weighted by molar-refractivity contribution is -0.183. The van der Waals surface area contributed by atoms with Crippen molar-refractivity contribution in [2.24, 2.45) is 0 Å². The minimum atomic E-state index is -1.07. The summed E-state index contributed by atoms with van der Waals surface area (Å²) < 4.78 is 1.74. The summed E-state index contributed by atoms with van der Waals surface area (Å²) in [6, 6.07) is 9.26. The Morgan fingerprint density at radius 1 is 1.40 bits per heavy atom. The fourth-order valence-electron chi connectivity index (χ4n) is 2.96. The SMILES string of the molecule is CON1C(=O)c2cc3ccccc3n2C1(C)CC(=O)O. The van der Waals surface area contributed by atoms with Crippen LogP contribution in [0.15, 0.2) is 30.3 Å². The number of para-hydroxylation sites is 1. The highest BCUT2D eigenvalue weighted by Gasteiger charge is 2.49. The Hall–Kier alpha value is -2.34. The Balaban J connectivity index is 2.30. The highest BCUT2D eigenvalue weighted by Crippen LogP contribution is 2.39. The van der Waals surface area contributed by atoms with Crippen LogP contribution in [0, 0.1) is 0 Å². The van der Waals surface area contributed by atoms with Crippen LogP contribution in [-0.2, 0) is 15.3 Å². The Morgan fingerprint density at radius 3 is 2.75 bits per heavy atom. The number of carbonyl (C=O) groups is 2. The van der Waals surface area contributed by atoms with Gasteiger partial charge in [-0.1, -0.05) is 18.2 Å². The van der Waals surface area contributed by atoms with Gasteiger partial charge in [0.25, 0.3) is 5.91 Å². The predicted molar refractivity (Wildman–Crippen MR) is 71.0 cm³/mol. The number of carboxylic acid groups (broad SMARTS) is 1. The van der Waals surface area contributed by atoms with Gasteiger partial charge in [-0.15, -0.1) is 0 Å². The molecule has 6 heteroatoms. The van der Waals surface area contributed by atoms with Gasteiger partial charge >= 0.3 is 5.97 Å². The van der Waals surface area contributed by atoms with Crippen LogP contribution in [0.3, 0.4) is 0 Å². The number of amides is 1. The largest absolute Gasteiger partial charge is 0.481 e. The molecule has 2 heterocycles. The summed E-state index contributed by atoms with van der Waals surface area (Å²) >= 11 is 0. The molecule has 1 amide bonds. The van der Waals surface area contributed by atoms with E-state index in [1.807, 2.05) is 24.3 Å². The van der Waals surface area contributed by atoms with E-state index in [4.69, 9.17) is 9.94 Å². The van der Waals surface area contributed by atoms with Gasteiger partial charge in [0.1, 0.15) is 5.69 Å². The van der Waals surface area contributed by atoms with E-state index in [2.05, 4.69) is 0 Å². The van der Waals surface area contributed by atoms with E-state index in [0.29, 0.717) is 5.69 Å². The molecule has 1 aliphatic heterocycles. The molecular formula is C14H14N2O4. The number of nitrogens with zero attached hydrogens (tertiary/aromatic N) is 2. The van der Waals surface area contributed by atoms with Gasteiger partial charge in [0, 0.05) is 5.39 Å². The zero-order chi connectivity index (χ0) is 14.5. The number of benzene rings is 1. The molecule has 0 saturated heterocycles. The van der Waals surface area contributed by atoms with E-state index < -0.39 is 11.6 Å². The maximum atomic E-state index is 12.4. The van der Waals surface area contributed by atoms with Gasteiger partial charge in [-0.05, 0) is 19.1 Å². The zero-order valence-electron chi connectivity index (χ0n) is 11.2. The standard InChI is InChI=1S/C14H14N2O4/c1-14(8-12(17)18)15-10-6-4-3-5-9(10)7-11(15)13(19)16(14)20-2/h3-7H,8H2,1-2H3,(H,17,18). The molecule has 1 aromatic heterocycles. The number of carboxylic acids is 1. The van der Waals surface area contributed by atoms with Crippen LogP contribution >= 0.6 is 0 Å². The van der Waals surface area contributed by atoms with Gasteiger partial charge in [-0.2, -0.15) is 5.06 Å². The Kier molecular flexibility index (Phi) is 2.58. The van der Waals surface area contributed by atoms with Crippen molar-refractivity contribution >= 4 is 22.8 Å². The topological polar surface area (TPSA) is 71.8 Å². The van der Waals surface area contributed by atoms with Gasteiger partial charge in [-0.25, -0.2) is 0 Å². The molecule has 20 heavy (non-hydrogen) atoms. The number of carbonyl (C=O) groups excluding carboxylic acids is 1. The van der Waals surface area contributed by atoms with Crippen molar-refractivity contribution in [2.45, 2.75) is 19.0 Å². The molecule has 2 aromatic rings. The van der Waals surface area contributed by atoms with E-state index in [-0.39, 0.29) is 12.3 Å². The fraction of sp³-hybridized carbons (Fsp3) is 0.286. The molecule has 0 aliphatic carbocycles. The number of hydrogen-bond donors (Lipinski definition) is 1. The summed E-state index contributed by atoms with van der Waals surface area (Å²) in [4.78, 5) is 28.7. The molecule has 0 bridgehead atoms. The van der Waals surface area contributed by atoms with Crippen LogP contribution < -0.4 is 0 Å². The molecule has 0 saturated carbocycles. The number of rotatable bonds is 3. The zero-order valence-corrected chi connectivity index (χ0v) is 11.2. The monoisotopic (exact) mass is 274 g/mol. The minimum Gasteiger partial charge on any atom is -0.481 e. The third kappa shape index (κ3) is 1.48. The number of hydroxylamine groups is 2. The minimum absolute atomic E-state index is 0.238. The molecule has 0 spiro atoms. The second-order valence-electron chi connectivity index (χ2n) is 4.99. The Bertz CT molecular complexity index is 721. The normalized spacial score (nSPS) is 21.5. The molecule has 1 N–H and O–H groups in total. The summed E-state index contributed by atoms with van der Waals surface area (Å²) in [5.41, 5.74) is 0.187. The van der Waals surface area contributed by atoms with Gasteiger partial charge in [0.15, 0.2) is 5.66 Å². The van der Waals surface area contributed by atoms with E-state index in [1.165, 1.54) is 7.11 Å². The van der Waals surface area contributed by atoms with E-state index >= 15 is 0 Å². The van der Waals surface area contributed by atoms with E-state index in [1.54, 1.807) is 17.6 Å². The first kappa shape index (κ1) is 12.7. The lowest BCUT2D eigenvalue weighted by Gasteiger charge is -2.33. The molecule has 1 aliphatic rings. The lowest BCUT2D eigenvalue weighted by atomic mass is 10.1. The van der Waals surface area contributed by atoms with Crippen molar-refractivity contribution in [3.8, 4) is 0 Å². The highest BCUT2D eigenvalue weighted by molar-refractivity contribution is 6.01. The summed E-state index contributed by atoms with van der Waals surface area (Å²) in [5, 5.41) is 11.2. The Labute approximate surface area is 115 Å². The first-order chi connectivity index (χ1) is 9.49. The number of aliphatic carboxylic acids is 1. The van der Waals surface area contributed by atoms with Crippen LogP contribution in [0.25, 0.3) is 10.9 Å². The highest BCUT2D eigenvalue weighted by atomic mass is 16.7.